The van der Waals surface area contributed by atoms with Crippen molar-refractivity contribution in [3.8, 4) is 0 Å². The van der Waals surface area contributed by atoms with Gasteiger partial charge in [-0.1, -0.05) is 17.7 Å². The monoisotopic (exact) mass is 295 g/mol. The third-order valence-electron chi connectivity index (χ3n) is 3.43. The van der Waals surface area contributed by atoms with Gasteiger partial charge in [-0.2, -0.15) is 0 Å². The van der Waals surface area contributed by atoms with Crippen LogP contribution in [0, 0.1) is 5.82 Å². The Bertz CT molecular complexity index is 572. The number of hydrogen-bond donors (Lipinski definition) is 1. The highest BCUT2D eigenvalue weighted by Gasteiger charge is 2.14. The second kappa shape index (κ2) is 5.61. The van der Waals surface area contributed by atoms with E-state index in [9.17, 15) is 4.39 Å². The van der Waals surface area contributed by atoms with Crippen molar-refractivity contribution in [2.24, 2.45) is 0 Å². The molecule has 0 unspecified atom stereocenters. The molecule has 1 aliphatic rings. The molecule has 0 aliphatic heterocycles. The number of aryl methyl sites for hydroxylation is 2. The Balaban J connectivity index is 1.57. The van der Waals surface area contributed by atoms with Gasteiger partial charge < -0.3 is 5.32 Å². The van der Waals surface area contributed by atoms with E-state index in [1.165, 1.54) is 40.6 Å². The van der Waals surface area contributed by atoms with Crippen molar-refractivity contribution in [2.75, 3.05) is 0 Å². The van der Waals surface area contributed by atoms with Crippen LogP contribution in [0.3, 0.4) is 0 Å². The Hall–Kier alpha value is -0.900. The van der Waals surface area contributed by atoms with Crippen molar-refractivity contribution < 1.29 is 4.39 Å². The van der Waals surface area contributed by atoms with Crippen LogP contribution < -0.4 is 5.32 Å². The van der Waals surface area contributed by atoms with Crippen LogP contribution in [0.5, 0.6) is 0 Å². The number of rotatable bonds is 4. The first-order chi connectivity index (χ1) is 9.22. The van der Waals surface area contributed by atoms with Gasteiger partial charge in [-0.05, 0) is 43.0 Å². The molecule has 1 nitrogen and oxygen atoms in total. The lowest BCUT2D eigenvalue weighted by Crippen LogP contribution is -2.12. The molecule has 0 radical (unpaired) electrons. The fraction of sp³-hybridized carbons (Fsp3) is 0.333. The highest BCUT2D eigenvalue weighted by Crippen LogP contribution is 2.30. The molecular formula is C15H15ClFNS. The maximum atomic E-state index is 13.6. The van der Waals surface area contributed by atoms with Crippen molar-refractivity contribution in [2.45, 2.75) is 32.4 Å². The average Bonchev–Trinajstić information content (AvgIpc) is 2.92. The molecule has 100 valence electrons. The summed E-state index contributed by atoms with van der Waals surface area (Å²) < 4.78 is 13.6. The van der Waals surface area contributed by atoms with Gasteiger partial charge >= 0.3 is 0 Å². The molecule has 0 saturated carbocycles. The summed E-state index contributed by atoms with van der Waals surface area (Å²) in [5, 5.41) is 3.74. The summed E-state index contributed by atoms with van der Waals surface area (Å²) >= 11 is 7.62. The standard InChI is InChI=1S/C15H15ClFNS/c16-12-5-4-11(14(17)7-12)8-18-9-13-6-10-2-1-3-15(10)19-13/h4-7,18H,1-3,8-9H2. The molecule has 0 saturated heterocycles. The van der Waals surface area contributed by atoms with Gasteiger partial charge in [0.1, 0.15) is 5.82 Å². The first-order valence-corrected chi connectivity index (χ1v) is 7.67. The number of benzene rings is 1. The molecule has 19 heavy (non-hydrogen) atoms. The molecule has 4 heteroatoms. The van der Waals surface area contributed by atoms with Crippen LogP contribution in [0.1, 0.15) is 27.3 Å². The Kier molecular flexibility index (Phi) is 3.87. The molecule has 3 rings (SSSR count). The van der Waals surface area contributed by atoms with Gasteiger partial charge in [-0.25, -0.2) is 4.39 Å². The summed E-state index contributed by atoms with van der Waals surface area (Å²) in [6.45, 7) is 1.34. The van der Waals surface area contributed by atoms with E-state index in [1.54, 1.807) is 12.1 Å². The molecule has 1 aromatic carbocycles. The summed E-state index contributed by atoms with van der Waals surface area (Å²) in [7, 11) is 0. The van der Waals surface area contributed by atoms with Crippen LogP contribution in [0.25, 0.3) is 0 Å². The zero-order valence-electron chi connectivity index (χ0n) is 10.5. The van der Waals surface area contributed by atoms with Gasteiger partial charge in [0.25, 0.3) is 0 Å². The third-order valence-corrected chi connectivity index (χ3v) is 4.90. The first-order valence-electron chi connectivity index (χ1n) is 6.47. The molecule has 2 aromatic rings. The highest BCUT2D eigenvalue weighted by atomic mass is 35.5. The van der Waals surface area contributed by atoms with Crippen molar-refractivity contribution >= 4 is 22.9 Å². The lowest BCUT2D eigenvalue weighted by molar-refractivity contribution is 0.589. The molecular weight excluding hydrogens is 281 g/mol. The van der Waals surface area contributed by atoms with E-state index in [-0.39, 0.29) is 5.82 Å². The topological polar surface area (TPSA) is 12.0 Å². The largest absolute Gasteiger partial charge is 0.308 e. The minimum atomic E-state index is -0.242. The smallest absolute Gasteiger partial charge is 0.129 e. The SMILES string of the molecule is Fc1cc(Cl)ccc1CNCc1cc2c(s1)CCC2. The molecule has 1 N–H and O–H groups in total. The molecule has 1 aliphatic carbocycles. The predicted molar refractivity (Wildman–Crippen MR) is 78.3 cm³/mol. The number of halogens is 2. The van der Waals surface area contributed by atoms with Crippen LogP contribution >= 0.6 is 22.9 Å². The van der Waals surface area contributed by atoms with Crippen LogP contribution in [0.4, 0.5) is 4.39 Å². The van der Waals surface area contributed by atoms with Crippen molar-refractivity contribution in [1.82, 2.24) is 5.32 Å². The quantitative estimate of drug-likeness (QED) is 0.886. The lowest BCUT2D eigenvalue weighted by atomic mass is 10.2. The maximum Gasteiger partial charge on any atom is 0.129 e. The van der Waals surface area contributed by atoms with E-state index < -0.39 is 0 Å². The van der Waals surface area contributed by atoms with E-state index in [2.05, 4.69) is 11.4 Å². The van der Waals surface area contributed by atoms with Crippen LogP contribution in [-0.4, -0.2) is 0 Å². The molecule has 1 aromatic heterocycles. The van der Waals surface area contributed by atoms with Gasteiger partial charge in [-0.15, -0.1) is 11.3 Å². The first kappa shape index (κ1) is 13.1. The molecule has 0 amide bonds. The van der Waals surface area contributed by atoms with E-state index in [0.29, 0.717) is 17.1 Å². The number of fused-ring (bicyclic) bond motifs is 1. The molecule has 1 heterocycles. The zero-order valence-corrected chi connectivity index (χ0v) is 12.1. The summed E-state index contributed by atoms with van der Waals surface area (Å²) in [5.41, 5.74) is 2.17. The summed E-state index contributed by atoms with van der Waals surface area (Å²) in [5.74, 6) is -0.242. The Morgan fingerprint density at radius 2 is 2.11 bits per heavy atom. The Morgan fingerprint density at radius 3 is 2.89 bits per heavy atom. The minimum Gasteiger partial charge on any atom is -0.308 e. The second-order valence-electron chi connectivity index (χ2n) is 4.85. The summed E-state index contributed by atoms with van der Waals surface area (Å²) in [6, 6.07) is 7.11. The fourth-order valence-electron chi connectivity index (χ4n) is 2.46. The van der Waals surface area contributed by atoms with Gasteiger partial charge in [-0.3, -0.25) is 0 Å². The predicted octanol–water partition coefficient (Wildman–Crippen LogP) is 4.32. The third kappa shape index (κ3) is 2.99. The van der Waals surface area contributed by atoms with Crippen LogP contribution in [0.2, 0.25) is 5.02 Å². The average molecular weight is 296 g/mol. The van der Waals surface area contributed by atoms with Gasteiger partial charge in [0.05, 0.1) is 0 Å². The normalized spacial score (nSPS) is 13.8. The Labute approximate surface area is 121 Å². The lowest BCUT2D eigenvalue weighted by Gasteiger charge is -2.05. The molecule has 0 bridgehead atoms. The second-order valence-corrected chi connectivity index (χ2v) is 6.51. The van der Waals surface area contributed by atoms with Crippen molar-refractivity contribution in [1.29, 1.82) is 0 Å². The Morgan fingerprint density at radius 1 is 1.21 bits per heavy atom. The minimum absolute atomic E-state index is 0.242. The van der Waals surface area contributed by atoms with E-state index >= 15 is 0 Å². The van der Waals surface area contributed by atoms with Crippen LogP contribution in [0.15, 0.2) is 24.3 Å². The van der Waals surface area contributed by atoms with Crippen molar-refractivity contribution in [3.63, 3.8) is 0 Å². The summed E-state index contributed by atoms with van der Waals surface area (Å²) in [6.07, 6.45) is 3.74. The van der Waals surface area contributed by atoms with Gasteiger partial charge in [0.15, 0.2) is 0 Å². The van der Waals surface area contributed by atoms with Gasteiger partial charge in [0, 0.05) is 33.4 Å². The maximum absolute atomic E-state index is 13.6. The number of thiophene rings is 1. The van der Waals surface area contributed by atoms with Crippen molar-refractivity contribution in [3.05, 3.63) is 56.0 Å². The van der Waals surface area contributed by atoms with E-state index in [0.717, 1.165) is 6.54 Å². The highest BCUT2D eigenvalue weighted by molar-refractivity contribution is 7.12. The van der Waals surface area contributed by atoms with Gasteiger partial charge in [0.2, 0.25) is 0 Å². The number of hydrogen-bond acceptors (Lipinski definition) is 2. The number of nitrogens with one attached hydrogen (secondary N) is 1. The summed E-state index contributed by atoms with van der Waals surface area (Å²) in [4.78, 5) is 2.88. The zero-order chi connectivity index (χ0) is 13.2. The molecule has 0 fully saturated rings. The van der Waals surface area contributed by atoms with Crippen LogP contribution in [-0.2, 0) is 25.9 Å². The van der Waals surface area contributed by atoms with E-state index in [1.807, 2.05) is 11.3 Å². The molecule has 0 atom stereocenters. The fourth-order valence-corrected chi connectivity index (χ4v) is 3.85. The van der Waals surface area contributed by atoms with E-state index in [4.69, 9.17) is 11.6 Å². The molecule has 0 spiro atoms.